The van der Waals surface area contributed by atoms with Crippen molar-refractivity contribution in [1.82, 2.24) is 9.97 Å². The van der Waals surface area contributed by atoms with Crippen LogP contribution >= 0.6 is 0 Å². The van der Waals surface area contributed by atoms with Crippen LogP contribution in [0.25, 0.3) is 11.3 Å². The van der Waals surface area contributed by atoms with Crippen LogP contribution in [-0.2, 0) is 9.53 Å². The summed E-state index contributed by atoms with van der Waals surface area (Å²) in [5.41, 5.74) is 0.449. The molecule has 1 saturated heterocycles. The van der Waals surface area contributed by atoms with Gasteiger partial charge in [0, 0.05) is 30.0 Å². The third kappa shape index (κ3) is 6.64. The van der Waals surface area contributed by atoms with E-state index in [9.17, 15) is 27.5 Å². The van der Waals surface area contributed by atoms with E-state index < -0.39 is 23.8 Å². The molecule has 1 fully saturated rings. The summed E-state index contributed by atoms with van der Waals surface area (Å²) in [6, 6.07) is 7.78. The molecule has 1 aliphatic rings. The average Bonchev–Trinajstić information content (AvgIpc) is 2.85. The number of aromatic hydroxyl groups is 1. The van der Waals surface area contributed by atoms with Gasteiger partial charge in [0.2, 0.25) is 11.9 Å². The van der Waals surface area contributed by atoms with Crippen LogP contribution in [0.15, 0.2) is 55.3 Å². The van der Waals surface area contributed by atoms with Crippen molar-refractivity contribution < 1.29 is 36.9 Å². The molecule has 9 nitrogen and oxygen atoms in total. The summed E-state index contributed by atoms with van der Waals surface area (Å²) < 4.78 is 62.8. The molecule has 0 saturated carbocycles. The van der Waals surface area contributed by atoms with E-state index >= 15 is 0 Å². The monoisotopic (exact) mass is 519 g/mol. The molecular weight excluding hydrogens is 498 g/mol. The standard InChI is InChI=1S/C24H21F4N5O4/c1-2-21(35)30-17-10-14(9-15(25)11-17)22-20(37-24(26,27)28)13-29-23(32-22)31-16-3-4-19(34)18(12-16)33-5-7-36-8-6-33/h2-4,9-13,34H,1,5-8H2,(H,30,35)(H,29,31,32). The Labute approximate surface area is 208 Å². The molecule has 2 aromatic carbocycles. The molecule has 0 aliphatic carbocycles. The van der Waals surface area contributed by atoms with Crippen molar-refractivity contribution in [1.29, 1.82) is 0 Å². The lowest BCUT2D eigenvalue weighted by Crippen LogP contribution is -2.36. The molecule has 0 atom stereocenters. The van der Waals surface area contributed by atoms with Crippen molar-refractivity contribution in [2.45, 2.75) is 6.36 Å². The number of anilines is 4. The first-order chi connectivity index (χ1) is 17.6. The Morgan fingerprint density at radius 2 is 1.92 bits per heavy atom. The van der Waals surface area contributed by atoms with Gasteiger partial charge in [0.05, 0.1) is 25.1 Å². The first-order valence-corrected chi connectivity index (χ1v) is 10.9. The third-order valence-electron chi connectivity index (χ3n) is 5.19. The number of nitrogens with zero attached hydrogens (tertiary/aromatic N) is 3. The van der Waals surface area contributed by atoms with Crippen molar-refractivity contribution in [3.63, 3.8) is 0 Å². The second-order valence-electron chi connectivity index (χ2n) is 7.80. The van der Waals surface area contributed by atoms with Crippen LogP contribution < -0.4 is 20.3 Å². The SMILES string of the molecule is C=CC(=O)Nc1cc(F)cc(-c2nc(Nc3ccc(O)c(N4CCOCC4)c3)ncc2OC(F)(F)F)c1. The Bertz CT molecular complexity index is 1310. The first-order valence-electron chi connectivity index (χ1n) is 10.9. The number of carbonyl (C=O) groups is 1. The molecule has 4 rings (SSSR count). The number of hydrogen-bond donors (Lipinski definition) is 3. The summed E-state index contributed by atoms with van der Waals surface area (Å²) in [6.07, 6.45) is -3.31. The Balaban J connectivity index is 1.71. The fourth-order valence-corrected chi connectivity index (χ4v) is 3.62. The number of halogens is 4. The molecule has 3 N–H and O–H groups in total. The molecule has 0 unspecified atom stereocenters. The van der Waals surface area contributed by atoms with Crippen LogP contribution in [0, 0.1) is 5.82 Å². The molecule has 0 radical (unpaired) electrons. The first kappa shape index (κ1) is 25.7. The highest BCUT2D eigenvalue weighted by Gasteiger charge is 2.33. The Hall–Kier alpha value is -4.39. The van der Waals surface area contributed by atoms with Crippen molar-refractivity contribution in [3.8, 4) is 22.8 Å². The van der Waals surface area contributed by atoms with Crippen LogP contribution in [-0.4, -0.2) is 53.6 Å². The quantitative estimate of drug-likeness (QED) is 0.236. The Kier molecular flexibility index (Phi) is 7.43. The lowest BCUT2D eigenvalue weighted by atomic mass is 10.1. The van der Waals surface area contributed by atoms with E-state index in [0.29, 0.717) is 37.7 Å². The van der Waals surface area contributed by atoms with Crippen molar-refractivity contribution >= 4 is 28.9 Å². The summed E-state index contributed by atoms with van der Waals surface area (Å²) in [5.74, 6) is -2.33. The second-order valence-corrected chi connectivity index (χ2v) is 7.80. The van der Waals surface area contributed by atoms with Gasteiger partial charge in [-0.25, -0.2) is 14.4 Å². The molecule has 2 heterocycles. The van der Waals surface area contributed by atoms with E-state index in [1.165, 1.54) is 18.2 Å². The molecule has 0 spiro atoms. The van der Waals surface area contributed by atoms with Gasteiger partial charge in [-0.2, -0.15) is 0 Å². The smallest absolute Gasteiger partial charge is 0.506 e. The topological polar surface area (TPSA) is 109 Å². The lowest BCUT2D eigenvalue weighted by Gasteiger charge is -2.29. The lowest BCUT2D eigenvalue weighted by molar-refractivity contribution is -0.274. The van der Waals surface area contributed by atoms with Gasteiger partial charge in [-0.05, 0) is 42.5 Å². The molecule has 37 heavy (non-hydrogen) atoms. The van der Waals surface area contributed by atoms with Crippen molar-refractivity contribution in [2.24, 2.45) is 0 Å². The normalized spacial score (nSPS) is 13.7. The summed E-state index contributed by atoms with van der Waals surface area (Å²) in [4.78, 5) is 21.6. The number of nitrogens with one attached hydrogen (secondary N) is 2. The molecule has 194 valence electrons. The summed E-state index contributed by atoms with van der Waals surface area (Å²) >= 11 is 0. The maximum atomic E-state index is 14.3. The fraction of sp³-hybridized carbons (Fsp3) is 0.208. The van der Waals surface area contributed by atoms with E-state index in [1.54, 1.807) is 6.07 Å². The molecule has 13 heteroatoms. The highest BCUT2D eigenvalue weighted by atomic mass is 19.4. The zero-order chi connectivity index (χ0) is 26.6. The van der Waals surface area contributed by atoms with Crippen LogP contribution in [0.1, 0.15) is 0 Å². The van der Waals surface area contributed by atoms with Crippen LogP contribution in [0.4, 0.5) is 40.6 Å². The number of rotatable bonds is 7. The van der Waals surface area contributed by atoms with Gasteiger partial charge in [-0.15, -0.1) is 13.2 Å². The Morgan fingerprint density at radius 1 is 1.16 bits per heavy atom. The number of carbonyl (C=O) groups excluding carboxylic acids is 1. The van der Waals surface area contributed by atoms with Gasteiger partial charge in [0.1, 0.15) is 17.3 Å². The van der Waals surface area contributed by atoms with Gasteiger partial charge < -0.3 is 30.1 Å². The number of ether oxygens (including phenoxy) is 2. The number of amides is 1. The highest BCUT2D eigenvalue weighted by molar-refractivity contribution is 5.99. The molecule has 3 aromatic rings. The number of benzene rings is 2. The third-order valence-corrected chi connectivity index (χ3v) is 5.19. The minimum absolute atomic E-state index is 0.0281. The largest absolute Gasteiger partial charge is 0.573 e. The van der Waals surface area contributed by atoms with E-state index in [4.69, 9.17) is 4.74 Å². The van der Waals surface area contributed by atoms with Gasteiger partial charge in [-0.1, -0.05) is 6.58 Å². The number of morpholine rings is 1. The van der Waals surface area contributed by atoms with Crippen LogP contribution in [0.2, 0.25) is 0 Å². The van der Waals surface area contributed by atoms with Crippen molar-refractivity contribution in [3.05, 3.63) is 61.1 Å². The summed E-state index contributed by atoms with van der Waals surface area (Å²) in [7, 11) is 0. The van der Waals surface area contributed by atoms with Gasteiger partial charge in [0.15, 0.2) is 5.75 Å². The minimum atomic E-state index is -5.07. The van der Waals surface area contributed by atoms with Crippen molar-refractivity contribution in [2.75, 3.05) is 41.8 Å². The molecule has 1 amide bonds. The van der Waals surface area contributed by atoms with E-state index in [2.05, 4.69) is 31.9 Å². The maximum absolute atomic E-state index is 14.3. The van der Waals surface area contributed by atoms with Gasteiger partial charge in [0.25, 0.3) is 0 Å². The summed E-state index contributed by atoms with van der Waals surface area (Å²) in [5, 5.41) is 15.5. The van der Waals surface area contributed by atoms with Gasteiger partial charge in [-0.3, -0.25) is 4.79 Å². The number of hydrogen-bond acceptors (Lipinski definition) is 8. The Morgan fingerprint density at radius 3 is 2.62 bits per heavy atom. The zero-order valence-electron chi connectivity index (χ0n) is 19.2. The fourth-order valence-electron chi connectivity index (χ4n) is 3.62. The molecule has 0 bridgehead atoms. The van der Waals surface area contributed by atoms with Crippen LogP contribution in [0.5, 0.6) is 11.5 Å². The zero-order valence-corrected chi connectivity index (χ0v) is 19.2. The van der Waals surface area contributed by atoms with E-state index in [-0.39, 0.29) is 28.6 Å². The van der Waals surface area contributed by atoms with Crippen LogP contribution in [0.3, 0.4) is 0 Å². The number of phenols is 1. The second kappa shape index (κ2) is 10.7. The highest BCUT2D eigenvalue weighted by Crippen LogP contribution is 2.36. The molecule has 1 aliphatic heterocycles. The molecular formula is C24H21F4N5O4. The predicted molar refractivity (Wildman–Crippen MR) is 127 cm³/mol. The average molecular weight is 519 g/mol. The number of aromatic nitrogens is 2. The predicted octanol–water partition coefficient (Wildman–Crippen LogP) is 4.59. The minimum Gasteiger partial charge on any atom is -0.506 e. The van der Waals surface area contributed by atoms with E-state index in [0.717, 1.165) is 24.4 Å². The van der Waals surface area contributed by atoms with E-state index in [1.807, 2.05) is 4.90 Å². The number of phenolic OH excluding ortho intramolecular Hbond substituents is 1. The maximum Gasteiger partial charge on any atom is 0.573 e. The van der Waals surface area contributed by atoms with Gasteiger partial charge >= 0.3 is 6.36 Å². The summed E-state index contributed by atoms with van der Waals surface area (Å²) in [6.45, 7) is 5.41. The molecule has 1 aromatic heterocycles. The number of alkyl halides is 3.